The molecule has 2 saturated heterocycles. The Bertz CT molecular complexity index is 947. The summed E-state index contributed by atoms with van der Waals surface area (Å²) in [5.41, 5.74) is 6.63. The Morgan fingerprint density at radius 1 is 1.28 bits per heavy atom. The first-order valence-electron chi connectivity index (χ1n) is 12.2. The van der Waals surface area contributed by atoms with Crippen LogP contribution >= 0.6 is 0 Å². The second kappa shape index (κ2) is 11.3. The molecule has 36 heavy (non-hydrogen) atoms. The van der Waals surface area contributed by atoms with Crippen molar-refractivity contribution < 1.29 is 27.3 Å². The number of azide groups is 1. The van der Waals surface area contributed by atoms with E-state index in [1.54, 1.807) is 20.8 Å². The molecule has 1 unspecified atom stereocenters. The van der Waals surface area contributed by atoms with Gasteiger partial charge >= 0.3 is 13.2 Å². The summed E-state index contributed by atoms with van der Waals surface area (Å²) < 4.78 is 46.9. The van der Waals surface area contributed by atoms with Gasteiger partial charge in [-0.1, -0.05) is 17.6 Å². The van der Waals surface area contributed by atoms with E-state index in [0.29, 0.717) is 19.2 Å². The summed E-state index contributed by atoms with van der Waals surface area (Å²) in [4.78, 5) is 14.7. The van der Waals surface area contributed by atoms with Crippen molar-refractivity contribution in [1.29, 1.82) is 0 Å². The minimum absolute atomic E-state index is 0.0173. The molecular formula is C22H41BN6O6S. The molecule has 0 saturated carbocycles. The fourth-order valence-corrected chi connectivity index (χ4v) is 5.53. The van der Waals surface area contributed by atoms with Gasteiger partial charge in [-0.05, 0) is 72.7 Å². The molecule has 2 heterocycles. The zero-order chi connectivity index (χ0) is 27.4. The van der Waals surface area contributed by atoms with Crippen LogP contribution in [0.25, 0.3) is 10.4 Å². The van der Waals surface area contributed by atoms with Crippen molar-refractivity contribution in [1.82, 2.24) is 14.3 Å². The first-order chi connectivity index (χ1) is 16.5. The molecule has 1 amide bonds. The van der Waals surface area contributed by atoms with Gasteiger partial charge < -0.3 is 19.4 Å². The number of ether oxygens (including phenoxy) is 1. The minimum atomic E-state index is -3.89. The minimum Gasteiger partial charge on any atom is -0.444 e. The van der Waals surface area contributed by atoms with Crippen LogP contribution in [0.1, 0.15) is 61.3 Å². The third-order valence-corrected chi connectivity index (χ3v) is 8.38. The summed E-state index contributed by atoms with van der Waals surface area (Å²) in [5, 5.41) is 6.47. The Balaban J connectivity index is 1.95. The lowest BCUT2D eigenvalue weighted by Gasteiger charge is -2.32. The molecule has 2 fully saturated rings. The topological polar surface area (TPSA) is 155 Å². The standard InChI is InChI=1S/C22H41BN6O6S/c1-9-22(27-28-24)16-29(36(31,32)26-14-13-25-18(30)33-19(2,3)4)15-17(22)11-10-12-23-34-20(5,6)21(7,8)35-23/h9,17,26H,1,10-16H2,2-8H3,(H,25,30)/t17-,22?/m0/s1. The quantitative estimate of drug-likeness (QED) is 0.105. The van der Waals surface area contributed by atoms with Crippen LogP contribution < -0.4 is 10.0 Å². The number of hydrogen-bond acceptors (Lipinski definition) is 7. The van der Waals surface area contributed by atoms with E-state index in [9.17, 15) is 18.7 Å². The average molecular weight is 528 g/mol. The summed E-state index contributed by atoms with van der Waals surface area (Å²) in [5.74, 6) is -0.259. The van der Waals surface area contributed by atoms with Crippen molar-refractivity contribution in [3.05, 3.63) is 23.1 Å². The van der Waals surface area contributed by atoms with Gasteiger partial charge in [0.2, 0.25) is 0 Å². The fourth-order valence-electron chi connectivity index (χ4n) is 4.24. The number of alkyl carbamates (subject to hydrolysis) is 1. The number of amides is 1. The molecule has 0 bridgehead atoms. The van der Waals surface area contributed by atoms with Crippen LogP contribution in [0.3, 0.4) is 0 Å². The molecule has 2 aliphatic heterocycles. The van der Waals surface area contributed by atoms with Crippen LogP contribution in [0, 0.1) is 5.92 Å². The predicted octanol–water partition coefficient (Wildman–Crippen LogP) is 3.38. The van der Waals surface area contributed by atoms with Gasteiger partial charge in [0.15, 0.2) is 0 Å². The molecule has 0 radical (unpaired) electrons. The molecular weight excluding hydrogens is 487 g/mol. The molecule has 204 valence electrons. The first-order valence-corrected chi connectivity index (χ1v) is 13.7. The maximum absolute atomic E-state index is 12.9. The SMILES string of the molecule is C=CC1(N=[N+]=[N-])CN(S(=O)(=O)NCCNC(=O)OC(C)(C)C)C[C@@H]1CCCB1OC(C)(C)C(C)(C)O1. The van der Waals surface area contributed by atoms with Gasteiger partial charge in [0.1, 0.15) is 5.60 Å². The zero-order valence-corrected chi connectivity index (χ0v) is 23.4. The van der Waals surface area contributed by atoms with Gasteiger partial charge in [-0.25, -0.2) is 9.52 Å². The van der Waals surface area contributed by atoms with Gasteiger partial charge in [0.25, 0.3) is 10.2 Å². The van der Waals surface area contributed by atoms with Crippen molar-refractivity contribution >= 4 is 23.4 Å². The Morgan fingerprint density at radius 2 is 1.89 bits per heavy atom. The highest BCUT2D eigenvalue weighted by atomic mass is 32.2. The van der Waals surface area contributed by atoms with Crippen molar-refractivity contribution in [3.63, 3.8) is 0 Å². The van der Waals surface area contributed by atoms with Crippen LogP contribution in [0.15, 0.2) is 17.8 Å². The Hall–Kier alpha value is -1.83. The Morgan fingerprint density at radius 3 is 2.42 bits per heavy atom. The van der Waals surface area contributed by atoms with E-state index in [2.05, 4.69) is 26.6 Å². The van der Waals surface area contributed by atoms with Gasteiger partial charge in [0.05, 0.1) is 16.7 Å². The largest absolute Gasteiger partial charge is 0.457 e. The fraction of sp³-hybridized carbons (Fsp3) is 0.864. The molecule has 2 aliphatic rings. The third kappa shape index (κ3) is 7.59. The van der Waals surface area contributed by atoms with Gasteiger partial charge in [-0.15, -0.1) is 6.58 Å². The maximum Gasteiger partial charge on any atom is 0.457 e. The summed E-state index contributed by atoms with van der Waals surface area (Å²) >= 11 is 0. The Labute approximate surface area is 215 Å². The van der Waals surface area contributed by atoms with Gasteiger partial charge in [-0.3, -0.25) is 0 Å². The molecule has 12 nitrogen and oxygen atoms in total. The summed E-state index contributed by atoms with van der Waals surface area (Å²) in [7, 11) is -4.24. The van der Waals surface area contributed by atoms with Gasteiger partial charge in [0, 0.05) is 31.1 Å². The van der Waals surface area contributed by atoms with E-state index in [-0.39, 0.29) is 39.2 Å². The highest BCUT2D eigenvalue weighted by Gasteiger charge is 2.51. The number of nitrogens with one attached hydrogen (secondary N) is 2. The molecule has 2 N–H and O–H groups in total. The van der Waals surface area contributed by atoms with Crippen molar-refractivity contribution in [2.24, 2.45) is 11.0 Å². The van der Waals surface area contributed by atoms with Crippen LogP contribution in [-0.4, -0.2) is 74.5 Å². The van der Waals surface area contributed by atoms with E-state index < -0.39 is 38.6 Å². The van der Waals surface area contributed by atoms with Crippen LogP contribution in [-0.2, 0) is 24.3 Å². The van der Waals surface area contributed by atoms with Crippen LogP contribution in [0.2, 0.25) is 6.32 Å². The smallest absolute Gasteiger partial charge is 0.444 e. The monoisotopic (exact) mass is 528 g/mol. The van der Waals surface area contributed by atoms with Crippen LogP contribution in [0.5, 0.6) is 0 Å². The predicted molar refractivity (Wildman–Crippen MR) is 138 cm³/mol. The normalized spacial score (nSPS) is 25.9. The molecule has 0 aliphatic carbocycles. The zero-order valence-electron chi connectivity index (χ0n) is 22.5. The lowest BCUT2D eigenvalue weighted by atomic mass is 9.78. The van der Waals surface area contributed by atoms with E-state index in [0.717, 1.165) is 0 Å². The van der Waals surface area contributed by atoms with Crippen molar-refractivity contribution in [3.8, 4) is 0 Å². The van der Waals surface area contributed by atoms with E-state index in [4.69, 9.17) is 14.0 Å². The average Bonchev–Trinajstić information content (AvgIpc) is 3.18. The molecule has 0 aromatic carbocycles. The second-order valence-electron chi connectivity index (χ2n) is 11.3. The lowest BCUT2D eigenvalue weighted by Crippen LogP contribution is -2.44. The molecule has 0 aromatic rings. The summed E-state index contributed by atoms with van der Waals surface area (Å²) in [6, 6.07) is 0. The Kier molecular flexibility index (Phi) is 9.53. The number of nitrogens with zero attached hydrogens (tertiary/aromatic N) is 4. The lowest BCUT2D eigenvalue weighted by molar-refractivity contribution is 0.00578. The number of rotatable bonds is 11. The van der Waals surface area contributed by atoms with Gasteiger partial charge in [-0.2, -0.15) is 12.7 Å². The molecule has 0 aromatic heterocycles. The summed E-state index contributed by atoms with van der Waals surface area (Å²) in [6.07, 6.45) is 2.83. The van der Waals surface area contributed by atoms with Crippen LogP contribution in [0.4, 0.5) is 4.79 Å². The third-order valence-electron chi connectivity index (χ3n) is 6.86. The number of hydrogen-bond donors (Lipinski definition) is 2. The number of carbonyl (C=O) groups excluding carboxylic acids is 1. The second-order valence-corrected chi connectivity index (χ2v) is 13.1. The summed E-state index contributed by atoms with van der Waals surface area (Å²) in [6.45, 7) is 17.2. The molecule has 2 atom stereocenters. The van der Waals surface area contributed by atoms with E-state index in [1.165, 1.54) is 10.4 Å². The van der Waals surface area contributed by atoms with E-state index in [1.807, 2.05) is 27.7 Å². The highest BCUT2D eigenvalue weighted by Crippen LogP contribution is 2.40. The van der Waals surface area contributed by atoms with E-state index >= 15 is 0 Å². The molecule has 14 heteroatoms. The number of carbonyl (C=O) groups is 1. The molecule has 2 rings (SSSR count). The maximum atomic E-state index is 12.9. The molecule has 0 spiro atoms. The first kappa shape index (κ1) is 30.4. The van der Waals surface area contributed by atoms with Crippen molar-refractivity contribution in [2.45, 2.75) is 90.0 Å². The van der Waals surface area contributed by atoms with Crippen molar-refractivity contribution in [2.75, 3.05) is 26.2 Å². The highest BCUT2D eigenvalue weighted by molar-refractivity contribution is 7.87.